The van der Waals surface area contributed by atoms with Crippen LogP contribution >= 0.6 is 0 Å². The van der Waals surface area contributed by atoms with Crippen LogP contribution in [0.25, 0.3) is 16.8 Å². The highest BCUT2D eigenvalue weighted by atomic mass is 15.0. The minimum atomic E-state index is -0.153. The number of hydrogen-bond donors (Lipinski definition) is 0. The van der Waals surface area contributed by atoms with Gasteiger partial charge >= 0.3 is 0 Å². The maximum Gasteiger partial charge on any atom is 0.210 e. The number of hydrogen-bond acceptors (Lipinski definition) is 0. The molecule has 1 aliphatic heterocycles. The molecule has 0 radical (unpaired) electrons. The first-order valence-electron chi connectivity index (χ1n) is 9.79. The second kappa shape index (κ2) is 7.44. The normalized spacial score (nSPS) is 15.2. The van der Waals surface area contributed by atoms with Gasteiger partial charge in [-0.2, -0.15) is 4.58 Å². The molecule has 1 heteroatoms. The molecule has 0 aromatic heterocycles. The van der Waals surface area contributed by atoms with Crippen LogP contribution in [0.2, 0.25) is 0 Å². The molecule has 0 fully saturated rings. The summed E-state index contributed by atoms with van der Waals surface area (Å²) in [5.41, 5.74) is 5.01. The summed E-state index contributed by atoms with van der Waals surface area (Å²) >= 11 is 0. The molecule has 1 heterocycles. The highest BCUT2D eigenvalue weighted by Gasteiger charge is 2.49. The molecule has 0 saturated carbocycles. The largest absolute Gasteiger partial charge is 0.210 e. The molecule has 0 saturated heterocycles. The van der Waals surface area contributed by atoms with Crippen molar-refractivity contribution in [3.05, 3.63) is 109 Å². The Balaban J connectivity index is 1.97. The molecule has 1 aliphatic rings. The molecular formula is C27H26N+. The van der Waals surface area contributed by atoms with E-state index in [1.165, 1.54) is 33.3 Å². The summed E-state index contributed by atoms with van der Waals surface area (Å²) < 4.78 is 2.34. The van der Waals surface area contributed by atoms with E-state index in [-0.39, 0.29) is 5.41 Å². The van der Waals surface area contributed by atoms with Gasteiger partial charge in [-0.25, -0.2) is 0 Å². The predicted octanol–water partition coefficient (Wildman–Crippen LogP) is 6.67. The molecule has 1 nitrogen and oxygen atoms in total. The van der Waals surface area contributed by atoms with Crippen LogP contribution < -0.4 is 0 Å². The van der Waals surface area contributed by atoms with Crippen molar-refractivity contribution in [1.29, 1.82) is 0 Å². The molecule has 4 rings (SSSR count). The molecule has 138 valence electrons. The summed E-state index contributed by atoms with van der Waals surface area (Å²) in [5, 5.41) is 2.60. The molecule has 3 aromatic rings. The predicted molar refractivity (Wildman–Crippen MR) is 122 cm³/mol. The van der Waals surface area contributed by atoms with E-state index in [0.29, 0.717) is 0 Å². The van der Waals surface area contributed by atoms with Gasteiger partial charge in [-0.05, 0) is 41.3 Å². The van der Waals surface area contributed by atoms with Gasteiger partial charge in [0.05, 0.1) is 5.41 Å². The van der Waals surface area contributed by atoms with Gasteiger partial charge in [-0.15, -0.1) is 13.2 Å². The van der Waals surface area contributed by atoms with Crippen LogP contribution in [0.15, 0.2) is 98.1 Å². The van der Waals surface area contributed by atoms with Crippen LogP contribution in [0.5, 0.6) is 0 Å². The van der Waals surface area contributed by atoms with Crippen molar-refractivity contribution in [3.8, 4) is 0 Å². The van der Waals surface area contributed by atoms with Crippen molar-refractivity contribution in [3.63, 3.8) is 0 Å². The maximum atomic E-state index is 4.09. The monoisotopic (exact) mass is 364 g/mol. The topological polar surface area (TPSA) is 3.01 Å². The van der Waals surface area contributed by atoms with Crippen LogP contribution in [0.3, 0.4) is 0 Å². The Bertz CT molecular complexity index is 1090. The first-order valence-corrected chi connectivity index (χ1v) is 9.79. The van der Waals surface area contributed by atoms with E-state index in [2.05, 4.69) is 97.6 Å². The molecular weight excluding hydrogens is 338 g/mol. The van der Waals surface area contributed by atoms with E-state index in [0.717, 1.165) is 12.8 Å². The van der Waals surface area contributed by atoms with Crippen LogP contribution in [-0.2, 0) is 5.41 Å². The molecule has 0 N–H and O–H groups in total. The second-order valence-corrected chi connectivity index (χ2v) is 7.44. The van der Waals surface area contributed by atoms with Gasteiger partial charge in [0.1, 0.15) is 7.05 Å². The third-order valence-corrected chi connectivity index (χ3v) is 5.82. The summed E-state index contributed by atoms with van der Waals surface area (Å²) in [6.45, 7) is 8.18. The average Bonchev–Trinajstić information content (AvgIpc) is 2.96. The number of fused-ring (bicyclic) bond motifs is 3. The molecule has 3 aromatic carbocycles. The van der Waals surface area contributed by atoms with Gasteiger partial charge < -0.3 is 0 Å². The Morgan fingerprint density at radius 2 is 1.50 bits per heavy atom. The fraction of sp³-hybridized carbons (Fsp3) is 0.148. The van der Waals surface area contributed by atoms with Crippen LogP contribution in [0.1, 0.15) is 24.0 Å². The Hall–Kier alpha value is -3.19. The van der Waals surface area contributed by atoms with Crippen LogP contribution in [-0.4, -0.2) is 17.3 Å². The smallest absolute Gasteiger partial charge is 0.198 e. The molecule has 0 bridgehead atoms. The lowest BCUT2D eigenvalue weighted by Gasteiger charge is -2.26. The standard InChI is InChI=1S/C27H26N/c1-4-19-27(20-5-2)25(18-15-21-11-7-6-8-12-21)28(3)24-17-16-22-13-9-10-14-23(22)26(24)27/h4-18H,1-2,19-20H2,3H3/q+1. The fourth-order valence-electron chi connectivity index (χ4n) is 4.62. The SMILES string of the molecule is C=CCC1(CC=C)C(C=Cc2ccccc2)=[N+](C)c2ccc3ccccc3c21. The molecule has 0 amide bonds. The van der Waals surface area contributed by atoms with Gasteiger partial charge in [-0.1, -0.05) is 66.7 Å². The summed E-state index contributed by atoms with van der Waals surface area (Å²) in [4.78, 5) is 0. The molecule has 0 spiro atoms. The lowest BCUT2D eigenvalue weighted by molar-refractivity contribution is -0.401. The third-order valence-electron chi connectivity index (χ3n) is 5.82. The minimum Gasteiger partial charge on any atom is -0.198 e. The quantitative estimate of drug-likeness (QED) is 0.339. The first kappa shape index (κ1) is 18.2. The van der Waals surface area contributed by atoms with Gasteiger partial charge in [0, 0.05) is 17.7 Å². The van der Waals surface area contributed by atoms with Crippen molar-refractivity contribution in [2.24, 2.45) is 0 Å². The molecule has 0 atom stereocenters. The number of allylic oxidation sites excluding steroid dienone is 3. The summed E-state index contributed by atoms with van der Waals surface area (Å²) in [6.07, 6.45) is 10.3. The van der Waals surface area contributed by atoms with E-state index >= 15 is 0 Å². The summed E-state index contributed by atoms with van der Waals surface area (Å²) in [5.74, 6) is 0. The summed E-state index contributed by atoms with van der Waals surface area (Å²) in [7, 11) is 2.17. The zero-order valence-electron chi connectivity index (χ0n) is 16.4. The average molecular weight is 365 g/mol. The Kier molecular flexibility index (Phi) is 4.83. The lowest BCUT2D eigenvalue weighted by atomic mass is 9.70. The Labute approximate surface area is 167 Å². The molecule has 0 unspecified atom stereocenters. The third kappa shape index (κ3) is 2.84. The Morgan fingerprint density at radius 3 is 2.21 bits per heavy atom. The van der Waals surface area contributed by atoms with Gasteiger partial charge in [0.2, 0.25) is 5.69 Å². The minimum absolute atomic E-state index is 0.153. The van der Waals surface area contributed by atoms with E-state index in [9.17, 15) is 0 Å². The lowest BCUT2D eigenvalue weighted by Crippen LogP contribution is -2.33. The van der Waals surface area contributed by atoms with E-state index < -0.39 is 0 Å². The van der Waals surface area contributed by atoms with E-state index in [1.54, 1.807) is 0 Å². The molecule has 28 heavy (non-hydrogen) atoms. The Morgan fingerprint density at radius 1 is 0.821 bits per heavy atom. The van der Waals surface area contributed by atoms with Crippen molar-refractivity contribution in [2.75, 3.05) is 7.05 Å². The van der Waals surface area contributed by atoms with Gasteiger partial charge in [0.25, 0.3) is 0 Å². The highest BCUT2D eigenvalue weighted by Crippen LogP contribution is 2.48. The van der Waals surface area contributed by atoms with E-state index in [1.807, 2.05) is 18.2 Å². The summed E-state index contributed by atoms with van der Waals surface area (Å²) in [6, 6.07) is 23.6. The second-order valence-electron chi connectivity index (χ2n) is 7.44. The van der Waals surface area contributed by atoms with E-state index in [4.69, 9.17) is 0 Å². The van der Waals surface area contributed by atoms with Crippen LogP contribution in [0.4, 0.5) is 5.69 Å². The zero-order valence-corrected chi connectivity index (χ0v) is 16.4. The molecule has 0 aliphatic carbocycles. The highest BCUT2D eigenvalue weighted by molar-refractivity contribution is 6.10. The zero-order chi connectivity index (χ0) is 19.6. The van der Waals surface area contributed by atoms with Crippen molar-refractivity contribution < 1.29 is 4.58 Å². The maximum absolute atomic E-state index is 4.09. The number of benzene rings is 3. The van der Waals surface area contributed by atoms with Crippen molar-refractivity contribution in [1.82, 2.24) is 0 Å². The fourth-order valence-corrected chi connectivity index (χ4v) is 4.62. The first-order chi connectivity index (χ1) is 13.7. The number of rotatable bonds is 6. The van der Waals surface area contributed by atoms with Gasteiger partial charge in [-0.3, -0.25) is 0 Å². The van der Waals surface area contributed by atoms with Crippen molar-refractivity contribution in [2.45, 2.75) is 18.3 Å². The van der Waals surface area contributed by atoms with Crippen LogP contribution in [0, 0.1) is 0 Å². The number of nitrogens with zero attached hydrogens (tertiary/aromatic N) is 1. The van der Waals surface area contributed by atoms with Gasteiger partial charge in [0.15, 0.2) is 5.71 Å². The van der Waals surface area contributed by atoms with Crippen molar-refractivity contribution >= 4 is 28.2 Å².